The van der Waals surface area contributed by atoms with E-state index < -0.39 is 0 Å². The summed E-state index contributed by atoms with van der Waals surface area (Å²) in [6, 6.07) is 7.36. The molecule has 0 saturated carbocycles. The SMILES string of the molecule is [SiH3]CCCOc1cccc(Br)c1I. The van der Waals surface area contributed by atoms with Crippen LogP contribution in [0, 0.1) is 3.57 Å². The molecule has 1 aromatic carbocycles. The molecule has 0 radical (unpaired) electrons. The van der Waals surface area contributed by atoms with Crippen LogP contribution in [0.3, 0.4) is 0 Å². The van der Waals surface area contributed by atoms with E-state index in [1.165, 1.54) is 22.7 Å². The lowest BCUT2D eigenvalue weighted by Crippen LogP contribution is -1.98. The number of halogens is 2. The summed E-state index contributed by atoms with van der Waals surface area (Å²) >= 11 is 5.77. The normalized spacial score (nSPS) is 10.3. The van der Waals surface area contributed by atoms with Gasteiger partial charge in [0.25, 0.3) is 0 Å². The number of rotatable bonds is 4. The number of benzene rings is 1. The van der Waals surface area contributed by atoms with Gasteiger partial charge >= 0.3 is 0 Å². The molecule has 1 nitrogen and oxygen atoms in total. The van der Waals surface area contributed by atoms with E-state index in [9.17, 15) is 0 Å². The smallest absolute Gasteiger partial charge is 0.133 e. The van der Waals surface area contributed by atoms with Crippen LogP contribution in [-0.2, 0) is 0 Å². The van der Waals surface area contributed by atoms with Crippen LogP contribution in [0.25, 0.3) is 0 Å². The molecular weight excluding hydrogens is 359 g/mol. The Morgan fingerprint density at radius 1 is 1.46 bits per heavy atom. The van der Waals surface area contributed by atoms with Gasteiger partial charge in [-0.05, 0) is 57.1 Å². The molecule has 72 valence electrons. The Morgan fingerprint density at radius 2 is 2.23 bits per heavy atom. The minimum absolute atomic E-state index is 0.843. The summed E-state index contributed by atoms with van der Waals surface area (Å²) in [5, 5.41) is 0. The molecule has 0 fully saturated rings. The van der Waals surface area contributed by atoms with E-state index in [1.807, 2.05) is 18.2 Å². The number of ether oxygens (including phenoxy) is 1. The van der Waals surface area contributed by atoms with Crippen LogP contribution in [-0.4, -0.2) is 16.8 Å². The van der Waals surface area contributed by atoms with Crippen LogP contribution in [0.5, 0.6) is 5.75 Å². The average Bonchev–Trinajstić information content (AvgIpc) is 2.13. The highest BCUT2D eigenvalue weighted by Crippen LogP contribution is 2.28. The second-order valence-electron chi connectivity index (χ2n) is 2.75. The lowest BCUT2D eigenvalue weighted by atomic mass is 10.3. The van der Waals surface area contributed by atoms with Gasteiger partial charge in [0.05, 0.1) is 10.2 Å². The van der Waals surface area contributed by atoms with Crippen molar-refractivity contribution in [2.75, 3.05) is 6.61 Å². The molecule has 0 amide bonds. The maximum Gasteiger partial charge on any atom is 0.133 e. The predicted molar refractivity (Wildman–Crippen MR) is 71.7 cm³/mol. The van der Waals surface area contributed by atoms with Gasteiger partial charge in [0.1, 0.15) is 5.75 Å². The lowest BCUT2D eigenvalue weighted by molar-refractivity contribution is 0.315. The van der Waals surface area contributed by atoms with Crippen molar-refractivity contribution in [1.82, 2.24) is 0 Å². The highest BCUT2D eigenvalue weighted by molar-refractivity contribution is 14.1. The second kappa shape index (κ2) is 6.03. The van der Waals surface area contributed by atoms with Crippen molar-refractivity contribution in [2.24, 2.45) is 0 Å². The van der Waals surface area contributed by atoms with E-state index in [0.29, 0.717) is 0 Å². The molecular formula is C9H12BrIOSi. The van der Waals surface area contributed by atoms with Gasteiger partial charge in [-0.25, -0.2) is 0 Å². The van der Waals surface area contributed by atoms with Crippen LogP contribution in [0.4, 0.5) is 0 Å². The first-order valence-electron chi connectivity index (χ1n) is 4.32. The van der Waals surface area contributed by atoms with Crippen molar-refractivity contribution in [2.45, 2.75) is 12.5 Å². The van der Waals surface area contributed by atoms with Crippen molar-refractivity contribution >= 4 is 48.8 Å². The van der Waals surface area contributed by atoms with Gasteiger partial charge in [-0.3, -0.25) is 0 Å². The highest BCUT2D eigenvalue weighted by atomic mass is 127. The Labute approximate surface area is 104 Å². The lowest BCUT2D eigenvalue weighted by Gasteiger charge is -2.07. The van der Waals surface area contributed by atoms with Gasteiger partial charge in [0, 0.05) is 14.7 Å². The zero-order valence-corrected chi connectivity index (χ0v) is 13.3. The molecule has 4 heteroatoms. The number of hydrogen-bond donors (Lipinski definition) is 0. The first-order valence-corrected chi connectivity index (χ1v) is 7.61. The minimum atomic E-state index is 0.843. The zero-order chi connectivity index (χ0) is 9.68. The summed E-state index contributed by atoms with van der Waals surface area (Å²) in [5.74, 6) is 0.991. The molecule has 0 bridgehead atoms. The average molecular weight is 371 g/mol. The maximum absolute atomic E-state index is 5.64. The maximum atomic E-state index is 5.64. The van der Waals surface area contributed by atoms with Crippen molar-refractivity contribution in [3.05, 3.63) is 26.2 Å². The van der Waals surface area contributed by atoms with Crippen molar-refractivity contribution in [3.8, 4) is 5.75 Å². The molecule has 1 rings (SSSR count). The Kier molecular flexibility index (Phi) is 5.34. The van der Waals surface area contributed by atoms with Crippen LogP contribution in [0.2, 0.25) is 6.04 Å². The summed E-state index contributed by atoms with van der Waals surface area (Å²) in [4.78, 5) is 0. The van der Waals surface area contributed by atoms with Gasteiger partial charge < -0.3 is 4.74 Å². The fourth-order valence-corrected chi connectivity index (χ4v) is 2.07. The summed E-state index contributed by atoms with van der Waals surface area (Å²) in [7, 11) is 1.27. The minimum Gasteiger partial charge on any atom is -0.492 e. The monoisotopic (exact) mass is 370 g/mol. The van der Waals surface area contributed by atoms with E-state index in [1.54, 1.807) is 0 Å². The van der Waals surface area contributed by atoms with Crippen LogP contribution >= 0.6 is 38.5 Å². The fourth-order valence-electron chi connectivity index (χ4n) is 0.922. The van der Waals surface area contributed by atoms with Crippen molar-refractivity contribution in [3.63, 3.8) is 0 Å². The Morgan fingerprint density at radius 3 is 2.92 bits per heavy atom. The van der Waals surface area contributed by atoms with Gasteiger partial charge in [-0.15, -0.1) is 0 Å². The van der Waals surface area contributed by atoms with E-state index in [-0.39, 0.29) is 0 Å². The molecule has 0 heterocycles. The largest absolute Gasteiger partial charge is 0.492 e. The standard InChI is InChI=1S/C9H12BrIOSi/c10-7-3-1-4-8(9(7)11)12-5-2-6-13/h1,3-4H,2,5-6H2,13H3. The van der Waals surface area contributed by atoms with Gasteiger partial charge in [-0.1, -0.05) is 12.1 Å². The third kappa shape index (κ3) is 3.59. The topological polar surface area (TPSA) is 9.23 Å². The summed E-state index contributed by atoms with van der Waals surface area (Å²) in [6.45, 7) is 0.843. The van der Waals surface area contributed by atoms with E-state index in [2.05, 4.69) is 38.5 Å². The fraction of sp³-hybridized carbons (Fsp3) is 0.333. The molecule has 13 heavy (non-hydrogen) atoms. The highest BCUT2D eigenvalue weighted by Gasteiger charge is 2.02. The van der Waals surface area contributed by atoms with Crippen LogP contribution in [0.1, 0.15) is 6.42 Å². The summed E-state index contributed by atoms with van der Waals surface area (Å²) in [5.41, 5.74) is 0. The summed E-state index contributed by atoms with van der Waals surface area (Å²) < 4.78 is 7.91. The van der Waals surface area contributed by atoms with E-state index in [0.717, 1.165) is 20.4 Å². The number of hydrogen-bond acceptors (Lipinski definition) is 1. The Bertz CT molecular complexity index is 280. The van der Waals surface area contributed by atoms with Gasteiger partial charge in [0.15, 0.2) is 0 Å². The molecule has 0 aliphatic heterocycles. The molecule has 1 aromatic rings. The molecule has 0 atom stereocenters. The quantitative estimate of drug-likeness (QED) is 0.449. The van der Waals surface area contributed by atoms with Crippen molar-refractivity contribution in [1.29, 1.82) is 0 Å². The molecule has 0 spiro atoms. The van der Waals surface area contributed by atoms with Crippen molar-refractivity contribution < 1.29 is 4.74 Å². The predicted octanol–water partition coefficient (Wildman–Crippen LogP) is 2.61. The molecule has 0 unspecified atom stereocenters. The first kappa shape index (κ1) is 11.5. The molecule has 0 aliphatic carbocycles. The molecule has 0 aliphatic rings. The molecule has 0 N–H and O–H groups in total. The summed E-state index contributed by atoms with van der Waals surface area (Å²) in [6.07, 6.45) is 1.18. The van der Waals surface area contributed by atoms with Crippen LogP contribution in [0.15, 0.2) is 22.7 Å². The van der Waals surface area contributed by atoms with E-state index in [4.69, 9.17) is 4.74 Å². The third-order valence-electron chi connectivity index (χ3n) is 1.67. The molecule has 0 aromatic heterocycles. The Balaban J connectivity index is 2.61. The third-order valence-corrected chi connectivity index (χ3v) is 4.89. The first-order chi connectivity index (χ1) is 6.25. The van der Waals surface area contributed by atoms with Gasteiger partial charge in [-0.2, -0.15) is 0 Å². The second-order valence-corrected chi connectivity index (χ2v) is 5.69. The van der Waals surface area contributed by atoms with Crippen LogP contribution < -0.4 is 4.74 Å². The Hall–Kier alpha value is 0.447. The van der Waals surface area contributed by atoms with E-state index >= 15 is 0 Å². The van der Waals surface area contributed by atoms with Gasteiger partial charge in [0.2, 0.25) is 0 Å². The molecule has 0 saturated heterocycles. The zero-order valence-electron chi connectivity index (χ0n) is 7.52.